The second-order valence-electron chi connectivity index (χ2n) is 8.21. The van der Waals surface area contributed by atoms with Gasteiger partial charge in [-0.05, 0) is 31.0 Å². The largest absolute Gasteiger partial charge is 0.497 e. The molecule has 4 rings (SSSR count). The Hall–Kier alpha value is -3.29. The van der Waals surface area contributed by atoms with E-state index in [9.17, 15) is 9.59 Å². The van der Waals surface area contributed by atoms with Crippen molar-refractivity contribution in [3.8, 4) is 17.4 Å². The number of rotatable bonds is 7. The summed E-state index contributed by atoms with van der Waals surface area (Å²) in [6.45, 7) is 1.19. The fourth-order valence-electron chi connectivity index (χ4n) is 3.90. The molecule has 1 aromatic heterocycles. The molecule has 1 saturated carbocycles. The van der Waals surface area contributed by atoms with Gasteiger partial charge in [0.1, 0.15) is 17.6 Å². The highest BCUT2D eigenvalue weighted by Crippen LogP contribution is 2.28. The van der Waals surface area contributed by atoms with Crippen LogP contribution in [0.15, 0.2) is 36.5 Å². The summed E-state index contributed by atoms with van der Waals surface area (Å²) in [5.74, 6) is 1.85. The van der Waals surface area contributed by atoms with E-state index in [0.29, 0.717) is 54.6 Å². The average Bonchev–Trinajstić information content (AvgIpc) is 2.78. The number of carbonyl (C=O) groups is 2. The first-order chi connectivity index (χ1) is 15.6. The maximum absolute atomic E-state index is 12.9. The smallest absolute Gasteiger partial charge is 0.254 e. The van der Waals surface area contributed by atoms with E-state index < -0.39 is 0 Å². The minimum atomic E-state index is -0.0506. The summed E-state index contributed by atoms with van der Waals surface area (Å²) < 4.78 is 16.5. The summed E-state index contributed by atoms with van der Waals surface area (Å²) in [6, 6.07) is 8.78. The van der Waals surface area contributed by atoms with Gasteiger partial charge in [0.25, 0.3) is 5.91 Å². The molecule has 8 nitrogen and oxygen atoms in total. The van der Waals surface area contributed by atoms with Crippen LogP contribution < -0.4 is 19.5 Å². The number of benzene rings is 1. The van der Waals surface area contributed by atoms with Crippen molar-refractivity contribution in [1.29, 1.82) is 0 Å². The second-order valence-corrected chi connectivity index (χ2v) is 8.21. The highest BCUT2D eigenvalue weighted by atomic mass is 16.5. The molecule has 0 atom stereocenters. The third kappa shape index (κ3) is 5.12. The van der Waals surface area contributed by atoms with Crippen molar-refractivity contribution in [3.05, 3.63) is 42.1 Å². The summed E-state index contributed by atoms with van der Waals surface area (Å²) in [5.41, 5.74) is 1.23. The number of ether oxygens (including phenoxy) is 3. The average molecular weight is 440 g/mol. The standard InChI is InChI=1S/C24H29N3O5/c1-30-20-12-17(13-21(14-20)31-2)24(29)27-10-8-19(9-11-27)32-22-7-6-18(15-25-22)26-23(28)16-4-3-5-16/h6-7,12-16,19H,3-5,8-11H2,1-2H3,(H,26,28). The van der Waals surface area contributed by atoms with Gasteiger partial charge in [-0.3, -0.25) is 9.59 Å². The predicted molar refractivity (Wildman–Crippen MR) is 119 cm³/mol. The molecule has 2 aliphatic rings. The van der Waals surface area contributed by atoms with Crippen LogP contribution in [-0.2, 0) is 4.79 Å². The van der Waals surface area contributed by atoms with Crippen molar-refractivity contribution >= 4 is 17.5 Å². The molecule has 1 saturated heterocycles. The van der Waals surface area contributed by atoms with Crippen molar-refractivity contribution in [2.45, 2.75) is 38.2 Å². The Bertz CT molecular complexity index is 928. The van der Waals surface area contributed by atoms with Gasteiger partial charge < -0.3 is 24.4 Å². The number of carbonyl (C=O) groups excluding carboxylic acids is 2. The Morgan fingerprint density at radius 1 is 1.00 bits per heavy atom. The van der Waals surface area contributed by atoms with Crippen LogP contribution in [0.25, 0.3) is 0 Å². The third-order valence-electron chi connectivity index (χ3n) is 6.09. The molecule has 1 aliphatic heterocycles. The van der Waals surface area contributed by atoms with E-state index in [0.717, 1.165) is 19.3 Å². The maximum atomic E-state index is 12.9. The molecule has 0 spiro atoms. The third-order valence-corrected chi connectivity index (χ3v) is 6.09. The first-order valence-electron chi connectivity index (χ1n) is 11.0. The number of anilines is 1. The lowest BCUT2D eigenvalue weighted by molar-refractivity contribution is -0.122. The quantitative estimate of drug-likeness (QED) is 0.710. The number of pyridine rings is 1. The molecule has 8 heteroatoms. The van der Waals surface area contributed by atoms with Gasteiger partial charge in [-0.1, -0.05) is 6.42 Å². The van der Waals surface area contributed by atoms with Crippen molar-refractivity contribution < 1.29 is 23.8 Å². The van der Waals surface area contributed by atoms with E-state index in [1.54, 1.807) is 44.7 Å². The number of hydrogen-bond donors (Lipinski definition) is 1. The molecule has 0 unspecified atom stereocenters. The normalized spacial score (nSPS) is 16.8. The van der Waals surface area contributed by atoms with Gasteiger partial charge >= 0.3 is 0 Å². The Balaban J connectivity index is 1.28. The molecular formula is C24H29N3O5. The Labute approximate surface area is 187 Å². The number of amides is 2. The molecule has 32 heavy (non-hydrogen) atoms. The Kier molecular flexibility index (Phi) is 6.78. The fraction of sp³-hybridized carbons (Fsp3) is 0.458. The minimum absolute atomic E-state index is 0.0122. The molecule has 2 aromatic rings. The molecule has 2 heterocycles. The van der Waals surface area contributed by atoms with E-state index in [2.05, 4.69) is 10.3 Å². The van der Waals surface area contributed by atoms with Crippen LogP contribution in [-0.4, -0.2) is 55.1 Å². The van der Waals surface area contributed by atoms with Crippen LogP contribution in [0.4, 0.5) is 5.69 Å². The molecule has 1 aromatic carbocycles. The number of methoxy groups -OCH3 is 2. The van der Waals surface area contributed by atoms with Crippen molar-refractivity contribution in [2.24, 2.45) is 5.92 Å². The summed E-state index contributed by atoms with van der Waals surface area (Å²) in [6.07, 6.45) is 6.10. The first kappa shape index (κ1) is 21.9. The number of piperidine rings is 1. The molecule has 2 fully saturated rings. The van der Waals surface area contributed by atoms with Crippen LogP contribution >= 0.6 is 0 Å². The minimum Gasteiger partial charge on any atom is -0.497 e. The van der Waals surface area contributed by atoms with Crippen LogP contribution in [0, 0.1) is 5.92 Å². The van der Waals surface area contributed by atoms with Gasteiger partial charge in [0, 0.05) is 49.5 Å². The van der Waals surface area contributed by atoms with Gasteiger partial charge in [0.2, 0.25) is 11.8 Å². The van der Waals surface area contributed by atoms with Crippen LogP contribution in [0.2, 0.25) is 0 Å². The van der Waals surface area contributed by atoms with E-state index in [1.165, 1.54) is 0 Å². The first-order valence-corrected chi connectivity index (χ1v) is 11.0. The lowest BCUT2D eigenvalue weighted by Gasteiger charge is -2.32. The number of hydrogen-bond acceptors (Lipinski definition) is 6. The topological polar surface area (TPSA) is 90.0 Å². The maximum Gasteiger partial charge on any atom is 0.254 e. The van der Waals surface area contributed by atoms with Gasteiger partial charge in [-0.25, -0.2) is 4.98 Å². The van der Waals surface area contributed by atoms with E-state index in [1.807, 2.05) is 11.0 Å². The highest BCUT2D eigenvalue weighted by Gasteiger charge is 2.27. The Morgan fingerprint density at radius 2 is 1.69 bits per heavy atom. The molecule has 0 bridgehead atoms. The number of aromatic nitrogens is 1. The van der Waals surface area contributed by atoms with Gasteiger partial charge in [0.05, 0.1) is 26.1 Å². The zero-order chi connectivity index (χ0) is 22.5. The molecular weight excluding hydrogens is 410 g/mol. The zero-order valence-corrected chi connectivity index (χ0v) is 18.5. The van der Waals surface area contributed by atoms with Crippen LogP contribution in [0.3, 0.4) is 0 Å². The molecule has 170 valence electrons. The van der Waals surface area contributed by atoms with Gasteiger partial charge in [0.15, 0.2) is 0 Å². The van der Waals surface area contributed by atoms with Crippen LogP contribution in [0.5, 0.6) is 17.4 Å². The Morgan fingerprint density at radius 3 is 2.22 bits per heavy atom. The van der Waals surface area contributed by atoms with Gasteiger partial charge in [-0.2, -0.15) is 0 Å². The summed E-state index contributed by atoms with van der Waals surface area (Å²) in [7, 11) is 3.13. The van der Waals surface area contributed by atoms with E-state index in [4.69, 9.17) is 14.2 Å². The predicted octanol–water partition coefficient (Wildman–Crippen LogP) is 3.52. The van der Waals surface area contributed by atoms with Gasteiger partial charge in [-0.15, -0.1) is 0 Å². The lowest BCUT2D eigenvalue weighted by atomic mass is 9.85. The molecule has 1 N–H and O–H groups in total. The summed E-state index contributed by atoms with van der Waals surface area (Å²) >= 11 is 0. The number of nitrogens with zero attached hydrogens (tertiary/aromatic N) is 2. The van der Waals surface area contributed by atoms with E-state index in [-0.39, 0.29) is 23.8 Å². The fourth-order valence-corrected chi connectivity index (χ4v) is 3.90. The zero-order valence-electron chi connectivity index (χ0n) is 18.5. The summed E-state index contributed by atoms with van der Waals surface area (Å²) in [5, 5.41) is 2.91. The molecule has 1 aliphatic carbocycles. The van der Waals surface area contributed by atoms with Crippen molar-refractivity contribution in [2.75, 3.05) is 32.6 Å². The lowest BCUT2D eigenvalue weighted by Crippen LogP contribution is -2.41. The highest BCUT2D eigenvalue weighted by molar-refractivity contribution is 5.95. The van der Waals surface area contributed by atoms with Crippen LogP contribution in [0.1, 0.15) is 42.5 Å². The van der Waals surface area contributed by atoms with Crippen molar-refractivity contribution in [3.63, 3.8) is 0 Å². The number of nitrogens with one attached hydrogen (secondary N) is 1. The monoisotopic (exact) mass is 439 g/mol. The van der Waals surface area contributed by atoms with E-state index >= 15 is 0 Å². The SMILES string of the molecule is COc1cc(OC)cc(C(=O)N2CCC(Oc3ccc(NC(=O)C4CCC4)cn3)CC2)c1. The molecule has 0 radical (unpaired) electrons. The number of likely N-dealkylation sites (tertiary alicyclic amines) is 1. The second kappa shape index (κ2) is 9.89. The molecule has 2 amide bonds. The van der Waals surface area contributed by atoms with Crippen molar-refractivity contribution in [1.82, 2.24) is 9.88 Å². The summed E-state index contributed by atoms with van der Waals surface area (Å²) in [4.78, 5) is 31.1.